The molecule has 3 aromatic carbocycles. The normalized spacial score (nSPS) is 10.4. The second kappa shape index (κ2) is 8.36. The Morgan fingerprint density at radius 3 is 2.44 bits per heavy atom. The molecule has 0 fully saturated rings. The van der Waals surface area contributed by atoms with Gasteiger partial charge in [-0.1, -0.05) is 30.3 Å². The maximum atomic E-state index is 12.0. The van der Waals surface area contributed by atoms with Crippen molar-refractivity contribution in [3.05, 3.63) is 71.8 Å². The third-order valence-electron chi connectivity index (χ3n) is 4.15. The molecule has 0 aromatic heterocycles. The zero-order valence-electron chi connectivity index (χ0n) is 15.2. The zero-order chi connectivity index (χ0) is 19.2. The predicted molar refractivity (Wildman–Crippen MR) is 102 cm³/mol. The van der Waals surface area contributed by atoms with Crippen LogP contribution < -0.4 is 9.47 Å². The number of hydrogen-bond acceptors (Lipinski definition) is 5. The van der Waals surface area contributed by atoms with Gasteiger partial charge < -0.3 is 14.2 Å². The minimum Gasteiger partial charge on any atom is -0.496 e. The number of methoxy groups -OCH3 is 1. The number of ketones is 1. The third-order valence-corrected chi connectivity index (χ3v) is 4.15. The highest BCUT2D eigenvalue weighted by Gasteiger charge is 2.11. The Bertz CT molecular complexity index is 977. The molecule has 0 saturated heterocycles. The lowest BCUT2D eigenvalue weighted by atomic mass is 10.1. The first kappa shape index (κ1) is 18.5. The van der Waals surface area contributed by atoms with Crippen molar-refractivity contribution in [2.75, 3.05) is 13.7 Å². The highest BCUT2D eigenvalue weighted by molar-refractivity contribution is 5.94. The summed E-state index contributed by atoms with van der Waals surface area (Å²) in [6, 6.07) is 18.6. The van der Waals surface area contributed by atoms with E-state index in [1.54, 1.807) is 18.2 Å². The van der Waals surface area contributed by atoms with Crippen LogP contribution in [0.25, 0.3) is 10.8 Å². The van der Waals surface area contributed by atoms with Crippen LogP contribution in [0, 0.1) is 0 Å². The van der Waals surface area contributed by atoms with Gasteiger partial charge in [-0.05, 0) is 48.0 Å². The maximum Gasteiger partial charge on any atom is 0.344 e. The van der Waals surface area contributed by atoms with Gasteiger partial charge in [0, 0.05) is 11.1 Å². The van der Waals surface area contributed by atoms with Crippen LogP contribution in [0.1, 0.15) is 22.8 Å². The molecule has 3 rings (SSSR count). The molecule has 0 saturated carbocycles. The van der Waals surface area contributed by atoms with E-state index >= 15 is 0 Å². The molecule has 27 heavy (non-hydrogen) atoms. The van der Waals surface area contributed by atoms with E-state index in [1.165, 1.54) is 14.0 Å². The second-order valence-corrected chi connectivity index (χ2v) is 6.04. The van der Waals surface area contributed by atoms with Crippen LogP contribution >= 0.6 is 0 Å². The minimum atomic E-state index is -0.501. The first-order valence-electron chi connectivity index (χ1n) is 8.52. The number of fused-ring (bicyclic) bond motifs is 1. The van der Waals surface area contributed by atoms with E-state index in [2.05, 4.69) is 0 Å². The Morgan fingerprint density at radius 1 is 0.926 bits per heavy atom. The smallest absolute Gasteiger partial charge is 0.344 e. The Balaban J connectivity index is 1.59. The molecule has 0 aliphatic heterocycles. The van der Waals surface area contributed by atoms with E-state index in [1.807, 2.05) is 42.5 Å². The fraction of sp³-hybridized carbons (Fsp3) is 0.182. The van der Waals surface area contributed by atoms with Crippen LogP contribution in [0.2, 0.25) is 0 Å². The van der Waals surface area contributed by atoms with Gasteiger partial charge in [0.15, 0.2) is 12.4 Å². The molecule has 5 heteroatoms. The van der Waals surface area contributed by atoms with E-state index in [0.29, 0.717) is 22.6 Å². The van der Waals surface area contributed by atoms with Crippen molar-refractivity contribution in [3.8, 4) is 11.5 Å². The Kier molecular flexibility index (Phi) is 5.71. The number of ether oxygens (including phenoxy) is 3. The van der Waals surface area contributed by atoms with Crippen LogP contribution in [-0.4, -0.2) is 25.5 Å². The molecule has 3 aromatic rings. The van der Waals surface area contributed by atoms with Gasteiger partial charge in [-0.15, -0.1) is 0 Å². The topological polar surface area (TPSA) is 61.8 Å². The van der Waals surface area contributed by atoms with Crippen molar-refractivity contribution in [1.29, 1.82) is 0 Å². The second-order valence-electron chi connectivity index (χ2n) is 6.04. The average molecular weight is 364 g/mol. The molecule has 138 valence electrons. The van der Waals surface area contributed by atoms with E-state index in [-0.39, 0.29) is 19.0 Å². The molecule has 0 N–H and O–H groups in total. The van der Waals surface area contributed by atoms with Crippen molar-refractivity contribution >= 4 is 22.5 Å². The van der Waals surface area contributed by atoms with Crippen LogP contribution in [-0.2, 0) is 16.1 Å². The number of carbonyl (C=O) groups is 2. The Hall–Kier alpha value is -3.34. The minimum absolute atomic E-state index is 0.00417. The Morgan fingerprint density at radius 2 is 1.70 bits per heavy atom. The fourth-order valence-corrected chi connectivity index (χ4v) is 2.71. The van der Waals surface area contributed by atoms with Gasteiger partial charge in [0.1, 0.15) is 18.1 Å². The molecule has 0 aliphatic rings. The summed E-state index contributed by atoms with van der Waals surface area (Å²) in [6.07, 6.45) is 0. The number of hydrogen-bond donors (Lipinski definition) is 0. The molecule has 0 amide bonds. The van der Waals surface area contributed by atoms with E-state index < -0.39 is 5.97 Å². The van der Waals surface area contributed by atoms with Gasteiger partial charge in [0.05, 0.1) is 7.11 Å². The van der Waals surface area contributed by atoms with Crippen molar-refractivity contribution in [1.82, 2.24) is 0 Å². The van der Waals surface area contributed by atoms with Gasteiger partial charge in [-0.25, -0.2) is 4.79 Å². The number of benzene rings is 3. The molecule has 0 bridgehead atoms. The van der Waals surface area contributed by atoms with Crippen LogP contribution in [0.3, 0.4) is 0 Å². The summed E-state index contributed by atoms with van der Waals surface area (Å²) >= 11 is 0. The van der Waals surface area contributed by atoms with Crippen LogP contribution in [0.4, 0.5) is 0 Å². The first-order chi connectivity index (χ1) is 13.1. The monoisotopic (exact) mass is 364 g/mol. The summed E-state index contributed by atoms with van der Waals surface area (Å²) in [6.45, 7) is 1.28. The maximum absolute atomic E-state index is 12.0. The van der Waals surface area contributed by atoms with Crippen LogP contribution in [0.15, 0.2) is 60.7 Å². The van der Waals surface area contributed by atoms with Gasteiger partial charge in [0.25, 0.3) is 0 Å². The number of rotatable bonds is 7. The first-order valence-corrected chi connectivity index (χ1v) is 8.52. The summed E-state index contributed by atoms with van der Waals surface area (Å²) < 4.78 is 16.0. The number of Topliss-reactive ketones (excluding diaryl/α,β-unsaturated/α-hetero) is 1. The molecule has 0 radical (unpaired) electrons. The van der Waals surface area contributed by atoms with Gasteiger partial charge in [-0.2, -0.15) is 0 Å². The molecule has 0 spiro atoms. The fourth-order valence-electron chi connectivity index (χ4n) is 2.71. The van der Waals surface area contributed by atoms with Crippen molar-refractivity contribution in [3.63, 3.8) is 0 Å². The standard InChI is InChI=1S/C22H20O5/c1-15(23)17-8-10-21(25-2)19(11-17)13-27-22(24)14-26-20-9-7-16-5-3-4-6-18(16)12-20/h3-12H,13-14H2,1-2H3. The number of esters is 1. The lowest BCUT2D eigenvalue weighted by Gasteiger charge is -2.11. The lowest BCUT2D eigenvalue weighted by molar-refractivity contribution is -0.147. The van der Waals surface area contributed by atoms with E-state index in [9.17, 15) is 9.59 Å². The SMILES string of the molecule is COc1ccc(C(C)=O)cc1COC(=O)COc1ccc2ccccc2c1. The summed E-state index contributed by atoms with van der Waals surface area (Å²) in [5.41, 5.74) is 1.17. The summed E-state index contributed by atoms with van der Waals surface area (Å²) in [4.78, 5) is 23.5. The average Bonchev–Trinajstić information content (AvgIpc) is 2.70. The van der Waals surface area contributed by atoms with Crippen molar-refractivity contribution < 1.29 is 23.8 Å². The Labute approximate surface area is 157 Å². The quantitative estimate of drug-likeness (QED) is 0.465. The molecule has 0 atom stereocenters. The third kappa shape index (κ3) is 4.64. The highest BCUT2D eigenvalue weighted by Crippen LogP contribution is 2.22. The largest absolute Gasteiger partial charge is 0.496 e. The van der Waals surface area contributed by atoms with Crippen molar-refractivity contribution in [2.24, 2.45) is 0 Å². The molecule has 0 heterocycles. The van der Waals surface area contributed by atoms with Crippen molar-refractivity contribution in [2.45, 2.75) is 13.5 Å². The lowest BCUT2D eigenvalue weighted by Crippen LogP contribution is -2.15. The highest BCUT2D eigenvalue weighted by atomic mass is 16.6. The molecule has 0 aliphatic carbocycles. The molecule has 5 nitrogen and oxygen atoms in total. The van der Waals surface area contributed by atoms with E-state index in [4.69, 9.17) is 14.2 Å². The van der Waals surface area contributed by atoms with Crippen LogP contribution in [0.5, 0.6) is 11.5 Å². The zero-order valence-corrected chi connectivity index (χ0v) is 15.2. The number of carbonyl (C=O) groups excluding carboxylic acids is 2. The molecular formula is C22H20O5. The van der Waals surface area contributed by atoms with E-state index in [0.717, 1.165) is 10.8 Å². The van der Waals surface area contributed by atoms with Gasteiger partial charge in [-0.3, -0.25) is 4.79 Å². The predicted octanol–water partition coefficient (Wildman–Crippen LogP) is 4.17. The van der Waals surface area contributed by atoms with Gasteiger partial charge in [0.2, 0.25) is 0 Å². The molecule has 0 unspecified atom stereocenters. The van der Waals surface area contributed by atoms with Gasteiger partial charge >= 0.3 is 5.97 Å². The summed E-state index contributed by atoms with van der Waals surface area (Å²) in [5, 5.41) is 2.14. The summed E-state index contributed by atoms with van der Waals surface area (Å²) in [7, 11) is 1.52. The summed E-state index contributed by atoms with van der Waals surface area (Å²) in [5.74, 6) is 0.591. The molecular weight excluding hydrogens is 344 g/mol.